The first kappa shape index (κ1) is 12.3. The molecule has 0 aliphatic carbocycles. The van der Waals surface area contributed by atoms with E-state index in [-0.39, 0.29) is 12.8 Å². The van der Waals surface area contributed by atoms with Gasteiger partial charge in [0.05, 0.1) is 0 Å². The molecule has 108 valence electrons. The van der Waals surface area contributed by atoms with Crippen LogP contribution in [0.2, 0.25) is 0 Å². The summed E-state index contributed by atoms with van der Waals surface area (Å²) >= 11 is 0. The Hall–Kier alpha value is -1.79. The lowest BCUT2D eigenvalue weighted by atomic mass is 9.98. The van der Waals surface area contributed by atoms with Crippen LogP contribution < -0.4 is 16.4 Å². The fraction of sp³-hybridized carbons (Fsp3) is 0.750. The Morgan fingerprint density at radius 1 is 1.63 bits per heavy atom. The van der Waals surface area contributed by atoms with Gasteiger partial charge in [-0.05, 0) is 33.6 Å². The van der Waals surface area contributed by atoms with Gasteiger partial charge in [0.25, 0.3) is 0 Å². The molecular weight excluding hydrogens is 250 g/mol. The first-order valence-corrected chi connectivity index (χ1v) is 6.00. The Bertz CT molecular complexity index is 448. The molecule has 1 rings (SSSR count). The van der Waals surface area contributed by atoms with Crippen molar-refractivity contribution in [1.29, 1.82) is 0 Å². The molecule has 0 aromatic heterocycles. The molecule has 0 saturated carbocycles. The van der Waals surface area contributed by atoms with E-state index in [1.807, 2.05) is 0 Å². The molecule has 0 unspecified atom stereocenters. The van der Waals surface area contributed by atoms with Crippen molar-refractivity contribution < 1.29 is 21.9 Å². The summed E-state index contributed by atoms with van der Waals surface area (Å²) in [5, 5.41) is 4.49. The monoisotopic (exact) mass is 273 g/mol. The highest BCUT2D eigenvalue weighted by atomic mass is 16.6. The van der Waals surface area contributed by atoms with Gasteiger partial charge in [0.1, 0.15) is 11.6 Å². The van der Waals surface area contributed by atoms with E-state index in [4.69, 9.17) is 13.2 Å². The van der Waals surface area contributed by atoms with Gasteiger partial charge >= 0.3 is 6.09 Å². The van der Waals surface area contributed by atoms with Gasteiger partial charge in [-0.3, -0.25) is 9.59 Å². The van der Waals surface area contributed by atoms with Crippen molar-refractivity contribution in [2.45, 2.75) is 45.3 Å². The zero-order valence-electron chi connectivity index (χ0n) is 13.3. The summed E-state index contributed by atoms with van der Waals surface area (Å²) in [4.78, 5) is 34.6. The standard InChI is InChI=1S/C12H21N3O4/c1-12(2,3)19-11(18)15-8(9(13)16)6-7-4-5-14-10(7)17/h7-8H,4-6H2,1-3H3,(H2,13,16)(H,14,17)(H,15,18)/t7-,8-/m0/s1/i5D2. The van der Waals surface area contributed by atoms with Gasteiger partial charge in [0.2, 0.25) is 11.8 Å². The molecule has 1 fully saturated rings. The summed E-state index contributed by atoms with van der Waals surface area (Å²) in [6.45, 7) is 3.20. The van der Waals surface area contributed by atoms with Gasteiger partial charge in [-0.1, -0.05) is 0 Å². The summed E-state index contributed by atoms with van der Waals surface area (Å²) in [7, 11) is 0. The topological polar surface area (TPSA) is 111 Å². The Balaban J connectivity index is 2.65. The number of rotatable bonds is 4. The highest BCUT2D eigenvalue weighted by Crippen LogP contribution is 2.16. The van der Waals surface area contributed by atoms with E-state index < -0.39 is 42.0 Å². The third-order valence-electron chi connectivity index (χ3n) is 2.49. The zero-order chi connectivity index (χ0) is 16.4. The van der Waals surface area contributed by atoms with Gasteiger partial charge in [0, 0.05) is 15.2 Å². The molecule has 1 heterocycles. The molecule has 0 aromatic carbocycles. The van der Waals surface area contributed by atoms with Crippen LogP contribution in [0.4, 0.5) is 4.79 Å². The van der Waals surface area contributed by atoms with E-state index >= 15 is 0 Å². The van der Waals surface area contributed by atoms with Crippen LogP contribution in [0.1, 0.15) is 36.4 Å². The number of primary amides is 1. The minimum atomic E-state index is -1.81. The van der Waals surface area contributed by atoms with Crippen molar-refractivity contribution in [2.75, 3.05) is 6.50 Å². The minimum absolute atomic E-state index is 0.0695. The Kier molecular flexibility index (Phi) is 3.81. The number of alkyl carbamates (subject to hydrolysis) is 1. The average molecular weight is 273 g/mol. The third kappa shape index (κ3) is 5.15. The average Bonchev–Trinajstić information content (AvgIpc) is 2.47. The summed E-state index contributed by atoms with van der Waals surface area (Å²) in [6, 6.07) is -1.09. The fourth-order valence-corrected chi connectivity index (χ4v) is 1.63. The number of carbonyl (C=O) groups excluding carboxylic acids is 3. The Morgan fingerprint density at radius 2 is 2.26 bits per heavy atom. The maximum absolute atomic E-state index is 11.6. The Labute approximate surface area is 115 Å². The van der Waals surface area contributed by atoms with Crippen LogP contribution in [0.3, 0.4) is 0 Å². The van der Waals surface area contributed by atoms with Crippen molar-refractivity contribution in [3.05, 3.63) is 0 Å². The lowest BCUT2D eigenvalue weighted by Crippen LogP contribution is -2.47. The predicted molar refractivity (Wildman–Crippen MR) is 68.1 cm³/mol. The van der Waals surface area contributed by atoms with E-state index in [0.717, 1.165) is 0 Å². The largest absolute Gasteiger partial charge is 0.444 e. The maximum Gasteiger partial charge on any atom is 0.408 e. The number of hydrogen-bond acceptors (Lipinski definition) is 4. The van der Waals surface area contributed by atoms with E-state index in [2.05, 4.69) is 10.6 Å². The molecule has 1 aliphatic heterocycles. The van der Waals surface area contributed by atoms with Gasteiger partial charge in [-0.15, -0.1) is 0 Å². The van der Waals surface area contributed by atoms with Crippen molar-refractivity contribution in [3.8, 4) is 0 Å². The van der Waals surface area contributed by atoms with Crippen molar-refractivity contribution in [3.63, 3.8) is 0 Å². The molecule has 0 spiro atoms. The van der Waals surface area contributed by atoms with Crippen LogP contribution in [0.25, 0.3) is 0 Å². The minimum Gasteiger partial charge on any atom is -0.444 e. The molecule has 0 bridgehead atoms. The van der Waals surface area contributed by atoms with Crippen molar-refractivity contribution >= 4 is 17.9 Å². The summed E-state index contributed by atoms with van der Waals surface area (Å²) in [6.07, 6.45) is -0.960. The van der Waals surface area contributed by atoms with Crippen molar-refractivity contribution in [2.24, 2.45) is 11.7 Å². The van der Waals surface area contributed by atoms with Crippen LogP contribution in [0.5, 0.6) is 0 Å². The van der Waals surface area contributed by atoms with E-state index in [9.17, 15) is 14.4 Å². The molecule has 3 amide bonds. The number of nitrogens with one attached hydrogen (secondary N) is 2. The van der Waals surface area contributed by atoms with Crippen LogP contribution in [0.15, 0.2) is 0 Å². The number of amides is 3. The molecule has 2 atom stereocenters. The smallest absolute Gasteiger partial charge is 0.408 e. The fourth-order valence-electron chi connectivity index (χ4n) is 1.63. The van der Waals surface area contributed by atoms with Crippen LogP contribution in [-0.2, 0) is 14.3 Å². The van der Waals surface area contributed by atoms with Gasteiger partial charge in [-0.2, -0.15) is 0 Å². The molecule has 0 radical (unpaired) electrons. The van der Waals surface area contributed by atoms with Crippen molar-refractivity contribution in [1.82, 2.24) is 10.6 Å². The molecule has 19 heavy (non-hydrogen) atoms. The first-order valence-electron chi connectivity index (χ1n) is 7.00. The Morgan fingerprint density at radius 3 is 2.68 bits per heavy atom. The second-order valence-corrected chi connectivity index (χ2v) is 5.40. The SMILES string of the molecule is [2H]C1([2H])C[C@@H](C[C@H](NC(=O)OC(C)(C)C)C(N)=O)C(=O)N1. The van der Waals surface area contributed by atoms with Crippen LogP contribution >= 0.6 is 0 Å². The number of nitrogens with two attached hydrogens (primary N) is 1. The van der Waals surface area contributed by atoms with Gasteiger partial charge in [-0.25, -0.2) is 4.79 Å². The van der Waals surface area contributed by atoms with E-state index in [1.54, 1.807) is 20.8 Å². The molecule has 1 aliphatic rings. The van der Waals surface area contributed by atoms with Gasteiger partial charge in [0.15, 0.2) is 0 Å². The maximum atomic E-state index is 11.6. The first-order chi connectivity index (χ1) is 9.39. The number of ether oxygens (including phenoxy) is 1. The summed E-state index contributed by atoms with van der Waals surface area (Å²) in [5.74, 6) is -2.04. The highest BCUT2D eigenvalue weighted by Gasteiger charge is 2.31. The predicted octanol–water partition coefficient (Wildman–Crippen LogP) is -0.109. The quantitative estimate of drug-likeness (QED) is 0.663. The zero-order valence-corrected chi connectivity index (χ0v) is 11.3. The normalized spacial score (nSPS) is 24.8. The number of carbonyl (C=O) groups is 3. The van der Waals surface area contributed by atoms with Crippen LogP contribution in [-0.4, -0.2) is 36.0 Å². The lowest BCUT2D eigenvalue weighted by molar-refractivity contribution is -0.124. The van der Waals surface area contributed by atoms with E-state index in [0.29, 0.717) is 0 Å². The molecule has 1 saturated heterocycles. The summed E-state index contributed by atoms with van der Waals surface area (Å²) in [5.41, 5.74) is 4.48. The van der Waals surface area contributed by atoms with Crippen LogP contribution in [0, 0.1) is 5.92 Å². The second-order valence-electron chi connectivity index (χ2n) is 5.40. The molecule has 7 heteroatoms. The second kappa shape index (κ2) is 5.90. The third-order valence-corrected chi connectivity index (χ3v) is 2.49. The van der Waals surface area contributed by atoms with Gasteiger partial charge < -0.3 is 21.1 Å². The summed E-state index contributed by atoms with van der Waals surface area (Å²) < 4.78 is 19.9. The number of hydrogen-bond donors (Lipinski definition) is 3. The molecule has 4 N–H and O–H groups in total. The molecule has 0 aromatic rings. The lowest BCUT2D eigenvalue weighted by Gasteiger charge is -2.23. The van der Waals surface area contributed by atoms with E-state index in [1.165, 1.54) is 0 Å². The highest BCUT2D eigenvalue weighted by molar-refractivity contribution is 5.86. The molecular formula is C12H21N3O4. The molecule has 7 nitrogen and oxygen atoms in total.